The Labute approximate surface area is 138 Å². The third-order valence-corrected chi connectivity index (χ3v) is 3.40. The molecule has 2 heterocycles. The lowest BCUT2D eigenvalue weighted by molar-refractivity contribution is 0.0422. The van der Waals surface area contributed by atoms with Crippen molar-refractivity contribution in [3.8, 4) is 11.4 Å². The van der Waals surface area contributed by atoms with Crippen LogP contribution < -0.4 is 0 Å². The molecule has 0 aliphatic rings. The van der Waals surface area contributed by atoms with Gasteiger partial charge in [-0.1, -0.05) is 43.3 Å². The Morgan fingerprint density at radius 3 is 2.67 bits per heavy atom. The lowest BCUT2D eigenvalue weighted by Gasteiger charge is -2.04. The predicted molar refractivity (Wildman–Crippen MR) is 85.0 cm³/mol. The van der Waals surface area contributed by atoms with Gasteiger partial charge >= 0.3 is 5.97 Å². The molecule has 3 aromatic rings. The van der Waals surface area contributed by atoms with Crippen LogP contribution in [0.15, 0.2) is 47.4 Å². The van der Waals surface area contributed by atoms with Crippen molar-refractivity contribution in [3.05, 3.63) is 60.0 Å². The third-order valence-electron chi connectivity index (χ3n) is 3.40. The van der Waals surface area contributed by atoms with E-state index in [9.17, 15) is 4.79 Å². The Hall–Kier alpha value is -3.09. The third kappa shape index (κ3) is 3.62. The number of hydrogen-bond donors (Lipinski definition) is 0. The number of rotatable bonds is 5. The summed E-state index contributed by atoms with van der Waals surface area (Å²) in [5, 5.41) is 3.91. The Bertz CT molecular complexity index is 813. The molecule has 0 N–H and O–H groups in total. The van der Waals surface area contributed by atoms with Gasteiger partial charge in [0.25, 0.3) is 5.89 Å². The number of esters is 1. The highest BCUT2D eigenvalue weighted by atomic mass is 16.6. The Morgan fingerprint density at radius 2 is 2.00 bits per heavy atom. The number of ether oxygens (including phenoxy) is 1. The molecule has 0 spiro atoms. The van der Waals surface area contributed by atoms with Gasteiger partial charge in [-0.25, -0.2) is 9.78 Å². The van der Waals surface area contributed by atoms with Crippen molar-refractivity contribution in [3.63, 3.8) is 0 Å². The molecule has 24 heavy (non-hydrogen) atoms. The molecule has 0 radical (unpaired) electrons. The van der Waals surface area contributed by atoms with Crippen molar-refractivity contribution in [2.24, 2.45) is 0 Å². The summed E-state index contributed by atoms with van der Waals surface area (Å²) in [6, 6.07) is 7.94. The average Bonchev–Trinajstić information content (AvgIpc) is 3.09. The minimum absolute atomic E-state index is 0.119. The van der Waals surface area contributed by atoms with Crippen molar-refractivity contribution in [1.29, 1.82) is 0 Å². The van der Waals surface area contributed by atoms with E-state index in [1.807, 2.05) is 24.3 Å². The lowest BCUT2D eigenvalue weighted by atomic mass is 10.0. The molecule has 7 heteroatoms. The van der Waals surface area contributed by atoms with Crippen molar-refractivity contribution in [1.82, 2.24) is 20.1 Å². The number of hydrogen-bond acceptors (Lipinski definition) is 7. The molecule has 7 nitrogen and oxygen atoms in total. The molecule has 1 aromatic carbocycles. The molecular formula is C17H16N4O3. The van der Waals surface area contributed by atoms with Crippen LogP contribution in [0.4, 0.5) is 0 Å². The molecule has 0 unspecified atom stereocenters. The van der Waals surface area contributed by atoms with Gasteiger partial charge < -0.3 is 9.26 Å². The second kappa shape index (κ2) is 6.99. The second-order valence-corrected chi connectivity index (χ2v) is 5.46. The van der Waals surface area contributed by atoms with Crippen LogP contribution >= 0.6 is 0 Å². The van der Waals surface area contributed by atoms with E-state index in [2.05, 4.69) is 34.0 Å². The normalized spacial score (nSPS) is 10.8. The molecule has 2 aromatic heterocycles. The number of nitrogens with zero attached hydrogens (tertiary/aromatic N) is 4. The van der Waals surface area contributed by atoms with E-state index in [0.717, 1.165) is 5.56 Å². The van der Waals surface area contributed by atoms with Crippen LogP contribution in [0.3, 0.4) is 0 Å². The molecule has 0 amide bonds. The van der Waals surface area contributed by atoms with Crippen LogP contribution in [0, 0.1) is 0 Å². The van der Waals surface area contributed by atoms with E-state index in [4.69, 9.17) is 9.26 Å². The first-order chi connectivity index (χ1) is 11.6. The maximum Gasteiger partial charge on any atom is 0.359 e. The monoisotopic (exact) mass is 324 g/mol. The fourth-order valence-electron chi connectivity index (χ4n) is 2.05. The summed E-state index contributed by atoms with van der Waals surface area (Å²) in [7, 11) is 0. The summed E-state index contributed by atoms with van der Waals surface area (Å²) in [5.74, 6) is 0.538. The Balaban J connectivity index is 1.64. The smallest absolute Gasteiger partial charge is 0.359 e. The standard InChI is InChI=1S/C17H16N4O3/c1-11(2)12-3-5-13(6-4-12)16-20-15(24-21-16)10-23-17(22)14-9-18-7-8-19-14/h3-9,11H,10H2,1-2H3. The topological polar surface area (TPSA) is 91.0 Å². The maximum absolute atomic E-state index is 11.8. The Kier molecular flexibility index (Phi) is 4.60. The van der Waals surface area contributed by atoms with E-state index in [1.54, 1.807) is 0 Å². The highest BCUT2D eigenvalue weighted by molar-refractivity contribution is 5.86. The number of benzene rings is 1. The highest BCUT2D eigenvalue weighted by Crippen LogP contribution is 2.20. The number of aromatic nitrogens is 4. The predicted octanol–water partition coefficient (Wildman–Crippen LogP) is 3.01. The average molecular weight is 324 g/mol. The summed E-state index contributed by atoms with van der Waals surface area (Å²) >= 11 is 0. The summed E-state index contributed by atoms with van der Waals surface area (Å²) < 4.78 is 10.2. The van der Waals surface area contributed by atoms with E-state index < -0.39 is 5.97 Å². The van der Waals surface area contributed by atoms with Gasteiger partial charge in [0.15, 0.2) is 12.3 Å². The second-order valence-electron chi connectivity index (χ2n) is 5.46. The van der Waals surface area contributed by atoms with Crippen molar-refractivity contribution in [2.75, 3.05) is 0 Å². The lowest BCUT2D eigenvalue weighted by Crippen LogP contribution is -2.07. The molecule has 122 valence electrons. The summed E-state index contributed by atoms with van der Waals surface area (Å²) in [4.78, 5) is 23.7. The molecule has 0 aliphatic heterocycles. The molecule has 0 bridgehead atoms. The zero-order chi connectivity index (χ0) is 16.9. The van der Waals surface area contributed by atoms with Gasteiger partial charge in [-0.15, -0.1) is 0 Å². The Morgan fingerprint density at radius 1 is 1.21 bits per heavy atom. The van der Waals surface area contributed by atoms with Crippen molar-refractivity contribution >= 4 is 5.97 Å². The van der Waals surface area contributed by atoms with E-state index >= 15 is 0 Å². The van der Waals surface area contributed by atoms with Crippen LogP contribution in [-0.2, 0) is 11.3 Å². The van der Waals surface area contributed by atoms with Gasteiger partial charge in [-0.2, -0.15) is 4.98 Å². The van der Waals surface area contributed by atoms with Crippen LogP contribution in [-0.4, -0.2) is 26.1 Å². The van der Waals surface area contributed by atoms with Gasteiger partial charge in [0, 0.05) is 18.0 Å². The summed E-state index contributed by atoms with van der Waals surface area (Å²) in [6.07, 6.45) is 4.23. The molecular weight excluding hydrogens is 308 g/mol. The molecule has 3 rings (SSSR count). The van der Waals surface area contributed by atoms with Crippen molar-refractivity contribution in [2.45, 2.75) is 26.4 Å². The van der Waals surface area contributed by atoms with Crippen molar-refractivity contribution < 1.29 is 14.1 Å². The van der Waals surface area contributed by atoms with Crippen LogP contribution in [0.1, 0.15) is 41.7 Å². The first-order valence-corrected chi connectivity index (χ1v) is 7.49. The summed E-state index contributed by atoms with van der Waals surface area (Å²) in [6.45, 7) is 4.15. The van der Waals surface area contributed by atoms with E-state index in [1.165, 1.54) is 24.2 Å². The van der Waals surface area contributed by atoms with Gasteiger partial charge in [0.05, 0.1) is 6.20 Å². The summed E-state index contributed by atoms with van der Waals surface area (Å²) in [5.41, 5.74) is 2.21. The van der Waals surface area contributed by atoms with Gasteiger partial charge in [-0.3, -0.25) is 4.98 Å². The number of carbonyl (C=O) groups is 1. The quantitative estimate of drug-likeness (QED) is 0.666. The minimum Gasteiger partial charge on any atom is -0.451 e. The molecule has 0 saturated carbocycles. The highest BCUT2D eigenvalue weighted by Gasteiger charge is 2.13. The number of carbonyl (C=O) groups excluding carboxylic acids is 1. The first kappa shape index (κ1) is 15.8. The zero-order valence-electron chi connectivity index (χ0n) is 13.3. The van der Waals surface area contributed by atoms with Crippen LogP contribution in [0.5, 0.6) is 0 Å². The van der Waals surface area contributed by atoms with Gasteiger partial charge in [0.2, 0.25) is 5.82 Å². The SMILES string of the molecule is CC(C)c1ccc(-c2noc(COC(=O)c3cnccn3)n2)cc1. The molecule has 0 atom stereocenters. The van der Waals surface area contributed by atoms with Gasteiger partial charge in [-0.05, 0) is 11.5 Å². The van der Waals surface area contributed by atoms with Gasteiger partial charge in [0.1, 0.15) is 0 Å². The fraction of sp³-hybridized carbons (Fsp3) is 0.235. The van der Waals surface area contributed by atoms with Crippen LogP contribution in [0.2, 0.25) is 0 Å². The van der Waals surface area contributed by atoms with E-state index in [-0.39, 0.29) is 18.2 Å². The molecule has 0 saturated heterocycles. The maximum atomic E-state index is 11.8. The zero-order valence-corrected chi connectivity index (χ0v) is 13.3. The molecule has 0 fully saturated rings. The fourth-order valence-corrected chi connectivity index (χ4v) is 2.05. The minimum atomic E-state index is -0.593. The van der Waals surface area contributed by atoms with E-state index in [0.29, 0.717) is 11.7 Å². The largest absolute Gasteiger partial charge is 0.451 e. The van der Waals surface area contributed by atoms with Crippen LogP contribution in [0.25, 0.3) is 11.4 Å². The molecule has 0 aliphatic carbocycles. The first-order valence-electron chi connectivity index (χ1n) is 7.49.